The van der Waals surface area contributed by atoms with Crippen LogP contribution in [0.3, 0.4) is 0 Å². The summed E-state index contributed by atoms with van der Waals surface area (Å²) in [5.41, 5.74) is 2.32. The molecule has 1 N–H and O–H groups in total. The van der Waals surface area contributed by atoms with Gasteiger partial charge in [-0.3, -0.25) is 0 Å². The quantitative estimate of drug-likeness (QED) is 0.910. The molecule has 0 radical (unpaired) electrons. The first-order chi connectivity index (χ1) is 9.46. The summed E-state index contributed by atoms with van der Waals surface area (Å²) in [5, 5.41) is 3.42. The molecule has 110 valence electrons. The van der Waals surface area contributed by atoms with Gasteiger partial charge in [-0.1, -0.05) is 12.1 Å². The summed E-state index contributed by atoms with van der Waals surface area (Å²) in [6, 6.07) is 6.34. The van der Waals surface area contributed by atoms with E-state index in [0.29, 0.717) is 12.2 Å². The van der Waals surface area contributed by atoms with Gasteiger partial charge >= 0.3 is 0 Å². The fourth-order valence-electron chi connectivity index (χ4n) is 3.05. The third kappa shape index (κ3) is 2.99. The van der Waals surface area contributed by atoms with Crippen LogP contribution < -0.4 is 10.1 Å². The zero-order chi connectivity index (χ0) is 14.2. The number of nitrogens with one attached hydrogen (secondary N) is 1. The molecule has 2 aliphatic rings. The van der Waals surface area contributed by atoms with Crippen LogP contribution in [0.1, 0.15) is 24.5 Å². The van der Waals surface area contributed by atoms with Crippen LogP contribution in [0.15, 0.2) is 18.2 Å². The Kier molecular flexibility index (Phi) is 3.50. The topological polar surface area (TPSA) is 55.4 Å². The van der Waals surface area contributed by atoms with Gasteiger partial charge < -0.3 is 10.1 Å². The molecule has 3 rings (SSSR count). The maximum Gasteiger partial charge on any atom is 0.152 e. The van der Waals surface area contributed by atoms with Crippen LogP contribution in [0, 0.1) is 0 Å². The van der Waals surface area contributed by atoms with Gasteiger partial charge in [0.25, 0.3) is 0 Å². The highest BCUT2D eigenvalue weighted by molar-refractivity contribution is 7.91. The monoisotopic (exact) mass is 295 g/mol. The first-order valence-corrected chi connectivity index (χ1v) is 8.98. The second-order valence-electron chi connectivity index (χ2n) is 6.12. The lowest BCUT2D eigenvalue weighted by Gasteiger charge is -2.24. The number of rotatable bonds is 4. The summed E-state index contributed by atoms with van der Waals surface area (Å²) in [6.45, 7) is 3.60. The van der Waals surface area contributed by atoms with E-state index in [2.05, 4.69) is 17.4 Å². The molecule has 0 spiro atoms. The lowest BCUT2D eigenvalue weighted by Crippen LogP contribution is -2.44. The van der Waals surface area contributed by atoms with Crippen LogP contribution >= 0.6 is 0 Å². The van der Waals surface area contributed by atoms with Gasteiger partial charge in [-0.15, -0.1) is 0 Å². The van der Waals surface area contributed by atoms with E-state index >= 15 is 0 Å². The van der Waals surface area contributed by atoms with Crippen molar-refractivity contribution >= 4 is 9.84 Å². The zero-order valence-electron chi connectivity index (χ0n) is 11.8. The second kappa shape index (κ2) is 5.04. The Balaban J connectivity index is 1.55. The fraction of sp³-hybridized carbons (Fsp3) is 0.600. The molecule has 1 aromatic rings. The normalized spacial score (nSPS) is 27.2. The Labute approximate surface area is 120 Å². The number of benzene rings is 1. The van der Waals surface area contributed by atoms with E-state index in [1.165, 1.54) is 11.1 Å². The molecule has 1 aromatic carbocycles. The third-order valence-electron chi connectivity index (χ3n) is 4.22. The first-order valence-electron chi connectivity index (χ1n) is 7.16. The summed E-state index contributed by atoms with van der Waals surface area (Å²) in [5.74, 6) is 1.58. The minimum atomic E-state index is -2.84. The van der Waals surface area contributed by atoms with Crippen LogP contribution in [-0.4, -0.2) is 38.6 Å². The van der Waals surface area contributed by atoms with Gasteiger partial charge in [-0.05, 0) is 43.5 Å². The fourth-order valence-corrected chi connectivity index (χ4v) is 5.18. The van der Waals surface area contributed by atoms with Gasteiger partial charge in [-0.25, -0.2) is 8.42 Å². The predicted octanol–water partition coefficient (Wildman–Crippen LogP) is 1.33. The Hall–Kier alpha value is -1.07. The molecule has 1 fully saturated rings. The number of hydrogen-bond donors (Lipinski definition) is 1. The molecule has 0 aliphatic carbocycles. The average molecular weight is 295 g/mol. The number of ether oxygens (including phenoxy) is 1. The first kappa shape index (κ1) is 13.9. The number of fused-ring (bicyclic) bond motifs is 1. The summed E-state index contributed by atoms with van der Waals surface area (Å²) >= 11 is 0. The van der Waals surface area contributed by atoms with E-state index in [1.54, 1.807) is 0 Å². The van der Waals surface area contributed by atoms with E-state index in [4.69, 9.17) is 4.74 Å². The van der Waals surface area contributed by atoms with Crippen LogP contribution in [0.2, 0.25) is 0 Å². The maximum absolute atomic E-state index is 11.6. The van der Waals surface area contributed by atoms with Gasteiger partial charge in [-0.2, -0.15) is 0 Å². The SMILES string of the molecule is CC1(NCCc2ccc3c(c2)CCO3)CCS(=O)(=O)C1. The largest absolute Gasteiger partial charge is 0.493 e. The lowest BCUT2D eigenvalue weighted by molar-refractivity contribution is 0.356. The third-order valence-corrected chi connectivity index (χ3v) is 6.13. The molecule has 4 nitrogen and oxygen atoms in total. The molecule has 2 heterocycles. The van der Waals surface area contributed by atoms with Gasteiger partial charge in [0.15, 0.2) is 9.84 Å². The molecular weight excluding hydrogens is 274 g/mol. The molecule has 0 amide bonds. The highest BCUT2D eigenvalue weighted by Crippen LogP contribution is 2.26. The molecular formula is C15H21NO3S. The zero-order valence-corrected chi connectivity index (χ0v) is 12.6. The summed E-state index contributed by atoms with van der Waals surface area (Å²) in [6.07, 6.45) is 2.63. The van der Waals surface area contributed by atoms with Crippen LogP contribution in [0.5, 0.6) is 5.75 Å². The van der Waals surface area contributed by atoms with Crippen molar-refractivity contribution in [2.24, 2.45) is 0 Å². The second-order valence-corrected chi connectivity index (χ2v) is 8.30. The van der Waals surface area contributed by atoms with Crippen LogP contribution in [0.4, 0.5) is 0 Å². The highest BCUT2D eigenvalue weighted by Gasteiger charge is 2.37. The molecule has 0 bridgehead atoms. The van der Waals surface area contributed by atoms with E-state index in [1.807, 2.05) is 13.0 Å². The maximum atomic E-state index is 11.6. The van der Waals surface area contributed by atoms with Crippen molar-refractivity contribution in [2.75, 3.05) is 24.7 Å². The summed E-state index contributed by atoms with van der Waals surface area (Å²) < 4.78 is 28.6. The van der Waals surface area contributed by atoms with Gasteiger partial charge in [0.1, 0.15) is 5.75 Å². The Morgan fingerprint density at radius 3 is 3.00 bits per heavy atom. The van der Waals surface area contributed by atoms with E-state index in [9.17, 15) is 8.42 Å². The molecule has 1 atom stereocenters. The predicted molar refractivity (Wildman–Crippen MR) is 79.0 cm³/mol. The van der Waals surface area contributed by atoms with E-state index in [-0.39, 0.29) is 11.3 Å². The highest BCUT2D eigenvalue weighted by atomic mass is 32.2. The van der Waals surface area contributed by atoms with Crippen LogP contribution in [0.25, 0.3) is 0 Å². The van der Waals surface area contributed by atoms with E-state index < -0.39 is 9.84 Å². The molecule has 1 unspecified atom stereocenters. The number of hydrogen-bond acceptors (Lipinski definition) is 4. The van der Waals surface area contributed by atoms with Crippen LogP contribution in [-0.2, 0) is 22.7 Å². The minimum absolute atomic E-state index is 0.251. The van der Waals surface area contributed by atoms with Crippen molar-refractivity contribution in [2.45, 2.75) is 31.7 Å². The van der Waals surface area contributed by atoms with Crippen molar-refractivity contribution in [1.29, 1.82) is 0 Å². The lowest BCUT2D eigenvalue weighted by atomic mass is 10.0. The molecule has 1 saturated heterocycles. The Morgan fingerprint density at radius 1 is 1.40 bits per heavy atom. The molecule has 0 aromatic heterocycles. The average Bonchev–Trinajstić information content (AvgIpc) is 2.93. The molecule has 2 aliphatic heterocycles. The van der Waals surface area contributed by atoms with E-state index in [0.717, 1.165) is 31.7 Å². The Bertz CT molecular complexity index is 612. The van der Waals surface area contributed by atoms with Crippen molar-refractivity contribution in [1.82, 2.24) is 5.32 Å². The van der Waals surface area contributed by atoms with Gasteiger partial charge in [0, 0.05) is 12.0 Å². The summed E-state index contributed by atoms with van der Waals surface area (Å²) in [7, 11) is -2.84. The standard InChI is InChI=1S/C15H21NO3S/c1-15(6-9-20(17,18)11-15)16-7-4-12-2-3-14-13(10-12)5-8-19-14/h2-3,10,16H,4-9,11H2,1H3. The number of sulfone groups is 1. The smallest absolute Gasteiger partial charge is 0.152 e. The molecule has 0 saturated carbocycles. The Morgan fingerprint density at radius 2 is 2.25 bits per heavy atom. The summed E-state index contributed by atoms with van der Waals surface area (Å²) in [4.78, 5) is 0. The molecule has 5 heteroatoms. The molecule has 20 heavy (non-hydrogen) atoms. The van der Waals surface area contributed by atoms with Crippen molar-refractivity contribution in [3.05, 3.63) is 29.3 Å². The van der Waals surface area contributed by atoms with Gasteiger partial charge in [0.2, 0.25) is 0 Å². The van der Waals surface area contributed by atoms with Crippen molar-refractivity contribution < 1.29 is 13.2 Å². The van der Waals surface area contributed by atoms with Crippen molar-refractivity contribution in [3.8, 4) is 5.75 Å². The minimum Gasteiger partial charge on any atom is -0.493 e. The van der Waals surface area contributed by atoms with Crippen molar-refractivity contribution in [3.63, 3.8) is 0 Å². The van der Waals surface area contributed by atoms with Gasteiger partial charge in [0.05, 0.1) is 18.1 Å².